The lowest BCUT2D eigenvalue weighted by Gasteiger charge is -2.39. The number of rotatable bonds is 1. The van der Waals surface area contributed by atoms with E-state index in [1.807, 2.05) is 12.1 Å². The Morgan fingerprint density at radius 3 is 2.67 bits per heavy atom. The molecule has 0 spiro atoms. The molecule has 0 radical (unpaired) electrons. The van der Waals surface area contributed by atoms with Gasteiger partial charge in [-0.2, -0.15) is 0 Å². The number of hydrogen-bond donors (Lipinski definition) is 1. The summed E-state index contributed by atoms with van der Waals surface area (Å²) in [6.07, 6.45) is 2.61. The summed E-state index contributed by atoms with van der Waals surface area (Å²) in [4.78, 5) is 2.45. The average molecular weight is 204 g/mol. The summed E-state index contributed by atoms with van der Waals surface area (Å²) in [5, 5.41) is 0. The van der Waals surface area contributed by atoms with Crippen LogP contribution in [0.2, 0.25) is 0 Å². The highest BCUT2D eigenvalue weighted by Crippen LogP contribution is 2.30. The molecule has 82 valence electrons. The first-order chi connectivity index (χ1) is 7.18. The lowest BCUT2D eigenvalue weighted by atomic mass is 9.94. The van der Waals surface area contributed by atoms with Crippen molar-refractivity contribution in [3.63, 3.8) is 0 Å². The molecule has 1 saturated heterocycles. The van der Waals surface area contributed by atoms with Gasteiger partial charge in [-0.1, -0.05) is 19.1 Å². The van der Waals surface area contributed by atoms with E-state index in [1.54, 1.807) is 0 Å². The summed E-state index contributed by atoms with van der Waals surface area (Å²) in [7, 11) is 0. The molecule has 1 aromatic carbocycles. The molecule has 15 heavy (non-hydrogen) atoms. The molecule has 1 aromatic rings. The van der Waals surface area contributed by atoms with Gasteiger partial charge in [0.25, 0.3) is 0 Å². The minimum absolute atomic E-state index is 0.617. The zero-order valence-electron chi connectivity index (χ0n) is 9.61. The smallest absolute Gasteiger partial charge is 0.0602 e. The molecule has 0 saturated carbocycles. The molecule has 2 heteroatoms. The highest BCUT2D eigenvalue weighted by atomic mass is 15.2. The Bertz CT molecular complexity index is 335. The molecule has 2 atom stereocenters. The van der Waals surface area contributed by atoms with E-state index >= 15 is 0 Å². The van der Waals surface area contributed by atoms with Crippen LogP contribution in [0.5, 0.6) is 0 Å². The van der Waals surface area contributed by atoms with Crippen LogP contribution in [-0.4, -0.2) is 12.6 Å². The van der Waals surface area contributed by atoms with Gasteiger partial charge >= 0.3 is 0 Å². The number of nitrogens with zero attached hydrogens (tertiary/aromatic N) is 1. The monoisotopic (exact) mass is 204 g/mol. The Balaban J connectivity index is 2.25. The number of hydrogen-bond acceptors (Lipinski definition) is 2. The number of nitrogen functional groups attached to an aromatic ring is 1. The largest absolute Gasteiger partial charge is 0.397 e. The molecule has 2 unspecified atom stereocenters. The van der Waals surface area contributed by atoms with Crippen LogP contribution < -0.4 is 10.6 Å². The molecule has 1 aliphatic rings. The van der Waals surface area contributed by atoms with Gasteiger partial charge in [0, 0.05) is 12.6 Å². The van der Waals surface area contributed by atoms with Gasteiger partial charge in [-0.3, -0.25) is 0 Å². The Labute approximate surface area is 92.1 Å². The van der Waals surface area contributed by atoms with Gasteiger partial charge in [0.2, 0.25) is 0 Å². The molecule has 0 amide bonds. The lowest BCUT2D eigenvalue weighted by Crippen LogP contribution is -2.41. The molecule has 2 nitrogen and oxygen atoms in total. The molecule has 0 aromatic heterocycles. The van der Waals surface area contributed by atoms with E-state index in [4.69, 9.17) is 5.73 Å². The van der Waals surface area contributed by atoms with Crippen molar-refractivity contribution in [2.24, 2.45) is 5.92 Å². The molecular weight excluding hydrogens is 184 g/mol. The van der Waals surface area contributed by atoms with Crippen LogP contribution in [0, 0.1) is 5.92 Å². The van der Waals surface area contributed by atoms with Crippen LogP contribution in [0.1, 0.15) is 26.7 Å². The van der Waals surface area contributed by atoms with E-state index in [0.29, 0.717) is 6.04 Å². The summed E-state index contributed by atoms with van der Waals surface area (Å²) < 4.78 is 0. The van der Waals surface area contributed by atoms with E-state index < -0.39 is 0 Å². The highest BCUT2D eigenvalue weighted by Gasteiger charge is 2.23. The first-order valence-electron chi connectivity index (χ1n) is 5.79. The Morgan fingerprint density at radius 2 is 1.93 bits per heavy atom. The normalized spacial score (nSPS) is 26.7. The molecule has 2 N–H and O–H groups in total. The predicted molar refractivity (Wildman–Crippen MR) is 66.1 cm³/mol. The fourth-order valence-corrected chi connectivity index (χ4v) is 2.37. The number of anilines is 2. The Morgan fingerprint density at radius 1 is 1.20 bits per heavy atom. The second kappa shape index (κ2) is 4.13. The molecular formula is C13H20N2. The van der Waals surface area contributed by atoms with Gasteiger partial charge in [0.05, 0.1) is 11.4 Å². The van der Waals surface area contributed by atoms with Gasteiger partial charge in [-0.25, -0.2) is 0 Å². The van der Waals surface area contributed by atoms with Crippen molar-refractivity contribution in [2.45, 2.75) is 32.7 Å². The van der Waals surface area contributed by atoms with E-state index in [-0.39, 0.29) is 0 Å². The van der Waals surface area contributed by atoms with Crippen LogP contribution in [0.25, 0.3) is 0 Å². The maximum absolute atomic E-state index is 6.02. The predicted octanol–water partition coefficient (Wildman–Crippen LogP) is 2.89. The van der Waals surface area contributed by atoms with Gasteiger partial charge < -0.3 is 10.6 Å². The van der Waals surface area contributed by atoms with E-state index in [0.717, 1.165) is 18.2 Å². The summed E-state index contributed by atoms with van der Waals surface area (Å²) in [6, 6.07) is 8.80. The van der Waals surface area contributed by atoms with Crippen LogP contribution in [0.15, 0.2) is 24.3 Å². The first-order valence-corrected chi connectivity index (χ1v) is 5.79. The van der Waals surface area contributed by atoms with Crippen LogP contribution in [0.3, 0.4) is 0 Å². The Hall–Kier alpha value is -1.18. The lowest BCUT2D eigenvalue weighted by molar-refractivity contribution is 0.390. The van der Waals surface area contributed by atoms with Crippen molar-refractivity contribution < 1.29 is 0 Å². The number of piperidine rings is 1. The number of benzene rings is 1. The zero-order chi connectivity index (χ0) is 10.8. The van der Waals surface area contributed by atoms with Crippen molar-refractivity contribution in [2.75, 3.05) is 17.2 Å². The number of nitrogens with two attached hydrogens (primary N) is 1. The minimum Gasteiger partial charge on any atom is -0.397 e. The standard InChI is InChI=1S/C13H20N2/c1-10-7-8-11(2)15(9-10)13-6-4-3-5-12(13)14/h3-6,10-11H,7-9,14H2,1-2H3. The van der Waals surface area contributed by atoms with Crippen molar-refractivity contribution in [1.82, 2.24) is 0 Å². The fraction of sp³-hybridized carbons (Fsp3) is 0.538. The molecule has 1 heterocycles. The molecule has 2 rings (SSSR count). The fourth-order valence-electron chi connectivity index (χ4n) is 2.37. The van der Waals surface area contributed by atoms with Crippen molar-refractivity contribution >= 4 is 11.4 Å². The second-order valence-corrected chi connectivity index (χ2v) is 4.74. The van der Waals surface area contributed by atoms with Crippen LogP contribution in [-0.2, 0) is 0 Å². The van der Waals surface area contributed by atoms with E-state index in [2.05, 4.69) is 30.9 Å². The summed E-state index contributed by atoms with van der Waals surface area (Å²) in [5.74, 6) is 0.779. The molecule has 1 aliphatic heterocycles. The summed E-state index contributed by atoms with van der Waals surface area (Å²) in [6.45, 7) is 5.74. The molecule has 0 aliphatic carbocycles. The first kappa shape index (κ1) is 10.3. The maximum atomic E-state index is 6.02. The maximum Gasteiger partial charge on any atom is 0.0602 e. The van der Waals surface area contributed by atoms with Crippen molar-refractivity contribution in [3.8, 4) is 0 Å². The third-order valence-electron chi connectivity index (χ3n) is 3.36. The molecule has 1 fully saturated rings. The summed E-state index contributed by atoms with van der Waals surface area (Å²) >= 11 is 0. The summed E-state index contributed by atoms with van der Waals surface area (Å²) in [5.41, 5.74) is 8.12. The zero-order valence-corrected chi connectivity index (χ0v) is 9.61. The average Bonchev–Trinajstić information content (AvgIpc) is 2.23. The van der Waals surface area contributed by atoms with Crippen molar-refractivity contribution in [3.05, 3.63) is 24.3 Å². The quantitative estimate of drug-likeness (QED) is 0.713. The van der Waals surface area contributed by atoms with Crippen LogP contribution >= 0.6 is 0 Å². The molecule has 0 bridgehead atoms. The van der Waals surface area contributed by atoms with E-state index in [9.17, 15) is 0 Å². The number of para-hydroxylation sites is 2. The highest BCUT2D eigenvalue weighted by molar-refractivity contribution is 5.67. The van der Waals surface area contributed by atoms with E-state index in [1.165, 1.54) is 18.5 Å². The van der Waals surface area contributed by atoms with Gasteiger partial charge in [0.15, 0.2) is 0 Å². The second-order valence-electron chi connectivity index (χ2n) is 4.74. The third-order valence-corrected chi connectivity index (χ3v) is 3.36. The topological polar surface area (TPSA) is 29.3 Å². The minimum atomic E-state index is 0.617. The van der Waals surface area contributed by atoms with Gasteiger partial charge in [0.1, 0.15) is 0 Å². The van der Waals surface area contributed by atoms with Gasteiger partial charge in [-0.15, -0.1) is 0 Å². The van der Waals surface area contributed by atoms with Gasteiger partial charge in [-0.05, 0) is 37.8 Å². The third kappa shape index (κ3) is 2.09. The van der Waals surface area contributed by atoms with Crippen LogP contribution in [0.4, 0.5) is 11.4 Å². The van der Waals surface area contributed by atoms with Crippen molar-refractivity contribution in [1.29, 1.82) is 0 Å². The SMILES string of the molecule is CC1CCC(C)N(c2ccccc2N)C1. The Kier molecular flexibility index (Phi) is 2.85.